The largest absolute Gasteiger partial charge is 0.493 e. The molecule has 3 aromatic rings. The average Bonchev–Trinajstić information content (AvgIpc) is 2.66. The SMILES string of the molecule is COc1cc(NC(=O)c2cc3ccccc3nn2)cc(OC)c1OC. The highest BCUT2D eigenvalue weighted by molar-refractivity contribution is 6.04. The van der Waals surface area contributed by atoms with Crippen LogP contribution in [0.1, 0.15) is 10.5 Å². The Hall–Kier alpha value is -3.35. The van der Waals surface area contributed by atoms with Gasteiger partial charge in [-0.3, -0.25) is 4.79 Å². The van der Waals surface area contributed by atoms with Crippen molar-refractivity contribution in [1.29, 1.82) is 0 Å². The van der Waals surface area contributed by atoms with Gasteiger partial charge in [-0.25, -0.2) is 0 Å². The fourth-order valence-corrected chi connectivity index (χ4v) is 2.44. The number of nitrogens with one attached hydrogen (secondary N) is 1. The topological polar surface area (TPSA) is 82.6 Å². The van der Waals surface area contributed by atoms with Crippen LogP contribution >= 0.6 is 0 Å². The molecular formula is C18H17N3O4. The molecule has 7 nitrogen and oxygen atoms in total. The van der Waals surface area contributed by atoms with Gasteiger partial charge in [0.05, 0.1) is 26.8 Å². The predicted octanol–water partition coefficient (Wildman–Crippen LogP) is 2.91. The molecule has 0 aliphatic heterocycles. The van der Waals surface area contributed by atoms with Gasteiger partial charge in [0, 0.05) is 23.2 Å². The Morgan fingerprint density at radius 2 is 1.60 bits per heavy atom. The van der Waals surface area contributed by atoms with E-state index in [0.29, 0.717) is 22.9 Å². The zero-order valence-corrected chi connectivity index (χ0v) is 14.1. The van der Waals surface area contributed by atoms with Gasteiger partial charge in [0.25, 0.3) is 5.91 Å². The van der Waals surface area contributed by atoms with E-state index in [2.05, 4.69) is 15.5 Å². The summed E-state index contributed by atoms with van der Waals surface area (Å²) in [5.41, 5.74) is 1.44. The summed E-state index contributed by atoms with van der Waals surface area (Å²) in [5, 5.41) is 11.6. The first-order chi connectivity index (χ1) is 12.2. The van der Waals surface area contributed by atoms with E-state index < -0.39 is 0 Å². The second-order valence-corrected chi connectivity index (χ2v) is 5.16. The van der Waals surface area contributed by atoms with Crippen LogP contribution in [0.4, 0.5) is 5.69 Å². The van der Waals surface area contributed by atoms with Crippen molar-refractivity contribution in [2.75, 3.05) is 26.6 Å². The van der Waals surface area contributed by atoms with Crippen LogP contribution in [0, 0.1) is 0 Å². The second-order valence-electron chi connectivity index (χ2n) is 5.16. The number of aromatic nitrogens is 2. The van der Waals surface area contributed by atoms with Crippen molar-refractivity contribution in [1.82, 2.24) is 10.2 Å². The lowest BCUT2D eigenvalue weighted by Crippen LogP contribution is -2.14. The molecule has 0 saturated carbocycles. The zero-order valence-electron chi connectivity index (χ0n) is 14.1. The van der Waals surface area contributed by atoms with Crippen LogP contribution in [0.3, 0.4) is 0 Å². The summed E-state index contributed by atoms with van der Waals surface area (Å²) in [7, 11) is 4.54. The molecule has 0 aliphatic carbocycles. The molecule has 7 heteroatoms. The summed E-state index contributed by atoms with van der Waals surface area (Å²) in [6, 6.07) is 12.4. The molecule has 1 N–H and O–H groups in total. The van der Waals surface area contributed by atoms with Crippen LogP contribution in [-0.2, 0) is 0 Å². The van der Waals surface area contributed by atoms with Crippen LogP contribution in [0.15, 0.2) is 42.5 Å². The van der Waals surface area contributed by atoms with Crippen LogP contribution in [-0.4, -0.2) is 37.4 Å². The summed E-state index contributed by atoms with van der Waals surface area (Å²) in [6.07, 6.45) is 0. The molecule has 0 saturated heterocycles. The fourth-order valence-electron chi connectivity index (χ4n) is 2.44. The highest BCUT2D eigenvalue weighted by atomic mass is 16.5. The van der Waals surface area contributed by atoms with E-state index in [1.54, 1.807) is 18.2 Å². The molecule has 25 heavy (non-hydrogen) atoms. The number of hydrogen-bond acceptors (Lipinski definition) is 6. The van der Waals surface area contributed by atoms with Crippen molar-refractivity contribution < 1.29 is 19.0 Å². The summed E-state index contributed by atoms with van der Waals surface area (Å²) in [5.74, 6) is 0.963. The number of rotatable bonds is 5. The van der Waals surface area contributed by atoms with Crippen molar-refractivity contribution in [2.24, 2.45) is 0 Å². The number of ether oxygens (including phenoxy) is 3. The van der Waals surface area contributed by atoms with Crippen molar-refractivity contribution in [3.63, 3.8) is 0 Å². The standard InChI is InChI=1S/C18H17N3O4/c1-23-15-9-12(10-16(24-2)17(15)25-3)19-18(22)14-8-11-6-4-5-7-13(11)20-21-14/h4-10H,1-3H3,(H,19,22). The van der Waals surface area contributed by atoms with E-state index >= 15 is 0 Å². The van der Waals surface area contributed by atoms with Crippen molar-refractivity contribution in [2.45, 2.75) is 0 Å². The minimum absolute atomic E-state index is 0.215. The molecule has 128 valence electrons. The molecule has 0 fully saturated rings. The number of carbonyl (C=O) groups excluding carboxylic acids is 1. The van der Waals surface area contributed by atoms with Gasteiger partial charge >= 0.3 is 0 Å². The molecular weight excluding hydrogens is 322 g/mol. The molecule has 0 spiro atoms. The quantitative estimate of drug-likeness (QED) is 0.769. The third kappa shape index (κ3) is 3.30. The second kappa shape index (κ2) is 7.04. The molecule has 1 heterocycles. The molecule has 0 aliphatic rings. The minimum atomic E-state index is -0.382. The number of benzene rings is 2. The van der Waals surface area contributed by atoms with Crippen molar-refractivity contribution >= 4 is 22.5 Å². The molecule has 1 amide bonds. The van der Waals surface area contributed by atoms with Gasteiger partial charge in [-0.2, -0.15) is 0 Å². The number of amides is 1. The molecule has 0 bridgehead atoms. The van der Waals surface area contributed by atoms with Crippen LogP contribution in [0.25, 0.3) is 10.9 Å². The summed E-state index contributed by atoms with van der Waals surface area (Å²) in [4.78, 5) is 12.5. The van der Waals surface area contributed by atoms with Gasteiger partial charge < -0.3 is 19.5 Å². The molecule has 0 radical (unpaired) electrons. The Bertz CT molecular complexity index is 902. The fraction of sp³-hybridized carbons (Fsp3) is 0.167. The molecule has 1 aromatic heterocycles. The maximum absolute atomic E-state index is 12.5. The highest BCUT2D eigenvalue weighted by Crippen LogP contribution is 2.39. The minimum Gasteiger partial charge on any atom is -0.493 e. The first kappa shape index (κ1) is 16.5. The number of nitrogens with zero attached hydrogens (tertiary/aromatic N) is 2. The van der Waals surface area contributed by atoms with Gasteiger partial charge in [0.15, 0.2) is 17.2 Å². The maximum Gasteiger partial charge on any atom is 0.276 e. The highest BCUT2D eigenvalue weighted by Gasteiger charge is 2.16. The number of fused-ring (bicyclic) bond motifs is 1. The molecule has 3 rings (SSSR count). The van der Waals surface area contributed by atoms with Crippen LogP contribution in [0.2, 0.25) is 0 Å². The van der Waals surface area contributed by atoms with E-state index in [0.717, 1.165) is 10.9 Å². The number of methoxy groups -OCH3 is 3. The lowest BCUT2D eigenvalue weighted by Gasteiger charge is -2.14. The van der Waals surface area contributed by atoms with E-state index in [4.69, 9.17) is 14.2 Å². The van der Waals surface area contributed by atoms with Gasteiger partial charge in [-0.15, -0.1) is 10.2 Å². The Morgan fingerprint density at radius 1 is 0.920 bits per heavy atom. The Labute approximate surface area is 144 Å². The van der Waals surface area contributed by atoms with Crippen molar-refractivity contribution in [3.8, 4) is 17.2 Å². The monoisotopic (exact) mass is 339 g/mol. The Kier molecular flexibility index (Phi) is 4.65. The number of hydrogen-bond donors (Lipinski definition) is 1. The summed E-state index contributed by atoms with van der Waals surface area (Å²) in [6.45, 7) is 0. The lowest BCUT2D eigenvalue weighted by molar-refractivity contribution is 0.102. The first-order valence-corrected chi connectivity index (χ1v) is 7.50. The average molecular weight is 339 g/mol. The third-order valence-electron chi connectivity index (χ3n) is 3.65. The lowest BCUT2D eigenvalue weighted by atomic mass is 10.2. The molecule has 2 aromatic carbocycles. The Balaban J connectivity index is 1.91. The van der Waals surface area contributed by atoms with E-state index in [1.165, 1.54) is 21.3 Å². The van der Waals surface area contributed by atoms with E-state index in [9.17, 15) is 4.79 Å². The zero-order chi connectivity index (χ0) is 17.8. The Morgan fingerprint density at radius 3 is 2.24 bits per heavy atom. The van der Waals surface area contributed by atoms with E-state index in [-0.39, 0.29) is 11.6 Å². The van der Waals surface area contributed by atoms with Gasteiger partial charge in [-0.1, -0.05) is 18.2 Å². The summed E-state index contributed by atoms with van der Waals surface area (Å²) >= 11 is 0. The van der Waals surface area contributed by atoms with E-state index in [1.807, 2.05) is 24.3 Å². The smallest absolute Gasteiger partial charge is 0.276 e. The van der Waals surface area contributed by atoms with Crippen LogP contribution < -0.4 is 19.5 Å². The molecule has 0 atom stereocenters. The van der Waals surface area contributed by atoms with Crippen LogP contribution in [0.5, 0.6) is 17.2 Å². The maximum atomic E-state index is 12.5. The predicted molar refractivity (Wildman–Crippen MR) is 93.6 cm³/mol. The van der Waals surface area contributed by atoms with Gasteiger partial charge in [-0.05, 0) is 12.1 Å². The number of anilines is 1. The van der Waals surface area contributed by atoms with Gasteiger partial charge in [0.1, 0.15) is 0 Å². The number of carbonyl (C=O) groups is 1. The van der Waals surface area contributed by atoms with Crippen molar-refractivity contribution in [3.05, 3.63) is 48.2 Å². The summed E-state index contributed by atoms with van der Waals surface area (Å²) < 4.78 is 15.8. The van der Waals surface area contributed by atoms with Gasteiger partial charge in [0.2, 0.25) is 5.75 Å². The normalized spacial score (nSPS) is 10.4. The first-order valence-electron chi connectivity index (χ1n) is 7.50. The molecule has 0 unspecified atom stereocenters. The third-order valence-corrected chi connectivity index (χ3v) is 3.65.